The lowest BCUT2D eigenvalue weighted by Crippen LogP contribution is -2.11. The van der Waals surface area contributed by atoms with Crippen LogP contribution in [0.25, 0.3) is 0 Å². The van der Waals surface area contributed by atoms with Gasteiger partial charge in [0.1, 0.15) is 5.75 Å². The van der Waals surface area contributed by atoms with Crippen molar-refractivity contribution in [3.05, 3.63) is 90.5 Å². The summed E-state index contributed by atoms with van der Waals surface area (Å²) in [5.74, 6) is 0.474. The number of sulfonamides is 1. The van der Waals surface area contributed by atoms with Gasteiger partial charge in [-0.1, -0.05) is 64.8 Å². The largest absolute Gasteiger partial charge is 0.423 e. The summed E-state index contributed by atoms with van der Waals surface area (Å²) in [7, 11) is -4.57. The molecule has 1 unspecified atom stereocenters. The molecule has 28 heavy (non-hydrogen) atoms. The van der Waals surface area contributed by atoms with Crippen molar-refractivity contribution in [1.82, 2.24) is 0 Å². The van der Waals surface area contributed by atoms with E-state index in [9.17, 15) is 8.42 Å². The molecule has 0 saturated heterocycles. The molecular formula is C21H20N2O3S2. The maximum Gasteiger partial charge on any atom is 0.339 e. The molecule has 0 N–H and O–H groups in total. The Kier molecular flexibility index (Phi) is 6.38. The van der Waals surface area contributed by atoms with Crippen LogP contribution in [0.15, 0.2) is 103 Å². The van der Waals surface area contributed by atoms with Crippen LogP contribution >= 0.6 is 0 Å². The summed E-state index contributed by atoms with van der Waals surface area (Å²) >= 11 is 0. The Hall–Kier alpha value is -2.77. The van der Waals surface area contributed by atoms with Crippen LogP contribution in [0.2, 0.25) is 0 Å². The van der Waals surface area contributed by atoms with E-state index in [1.807, 2.05) is 55.6 Å². The molecule has 0 aliphatic carbocycles. The molecule has 3 rings (SSSR count). The van der Waals surface area contributed by atoms with Gasteiger partial charge in [0.2, 0.25) is 0 Å². The normalized spacial score (nSPS) is 13.3. The van der Waals surface area contributed by atoms with Crippen molar-refractivity contribution < 1.29 is 13.2 Å². The lowest BCUT2D eigenvalue weighted by atomic mass is 10.2. The van der Waals surface area contributed by atoms with Crippen molar-refractivity contribution in [2.24, 2.45) is 8.76 Å². The Morgan fingerprint density at radius 1 is 0.857 bits per heavy atom. The van der Waals surface area contributed by atoms with E-state index in [1.165, 1.54) is 12.1 Å². The molecule has 5 nitrogen and oxygen atoms in total. The number of aryl methyl sites for hydroxylation is 1. The van der Waals surface area contributed by atoms with E-state index >= 15 is 0 Å². The first-order valence-corrected chi connectivity index (χ1v) is 11.5. The van der Waals surface area contributed by atoms with Gasteiger partial charge >= 0.3 is 6.02 Å². The van der Waals surface area contributed by atoms with E-state index in [-0.39, 0.29) is 10.9 Å². The van der Waals surface area contributed by atoms with Crippen LogP contribution in [0, 0.1) is 6.92 Å². The molecule has 144 valence electrons. The van der Waals surface area contributed by atoms with E-state index in [0.29, 0.717) is 5.75 Å². The van der Waals surface area contributed by atoms with Crippen molar-refractivity contribution in [1.29, 1.82) is 0 Å². The molecule has 3 aromatic carbocycles. The summed E-state index contributed by atoms with van der Waals surface area (Å²) < 4.78 is 39.4. The Morgan fingerprint density at radius 2 is 1.43 bits per heavy atom. The highest BCUT2D eigenvalue weighted by molar-refractivity contribution is 7.90. The maximum absolute atomic E-state index is 12.7. The highest BCUT2D eigenvalue weighted by atomic mass is 32.2. The summed E-state index contributed by atoms with van der Waals surface area (Å²) in [6, 6.07) is 24.7. The minimum Gasteiger partial charge on any atom is -0.423 e. The molecule has 0 aliphatic heterocycles. The second kappa shape index (κ2) is 8.95. The Labute approximate surface area is 167 Å². The van der Waals surface area contributed by atoms with Gasteiger partial charge in [-0.3, -0.25) is 0 Å². The van der Waals surface area contributed by atoms with E-state index in [1.54, 1.807) is 30.3 Å². The topological polar surface area (TPSA) is 68.1 Å². The minimum atomic E-state index is -3.94. The zero-order valence-corrected chi connectivity index (χ0v) is 17.2. The first-order valence-electron chi connectivity index (χ1n) is 8.51. The molecule has 0 amide bonds. The number of rotatable bonds is 4. The zero-order valence-electron chi connectivity index (χ0n) is 15.5. The van der Waals surface area contributed by atoms with Crippen LogP contribution in [0.1, 0.15) is 5.56 Å². The molecule has 0 radical (unpaired) electrons. The third-order valence-corrected chi connectivity index (χ3v) is 6.42. The molecule has 0 aromatic heterocycles. The van der Waals surface area contributed by atoms with Crippen molar-refractivity contribution >= 4 is 26.7 Å². The Bertz CT molecular complexity index is 1090. The molecule has 7 heteroatoms. The van der Waals surface area contributed by atoms with Gasteiger partial charge in [-0.05, 0) is 49.6 Å². The van der Waals surface area contributed by atoms with E-state index in [0.717, 1.165) is 10.5 Å². The van der Waals surface area contributed by atoms with Crippen LogP contribution < -0.4 is 4.74 Å². The average molecular weight is 413 g/mol. The van der Waals surface area contributed by atoms with Crippen LogP contribution in [0.5, 0.6) is 5.75 Å². The lowest BCUT2D eigenvalue weighted by molar-refractivity contribution is 0.542. The van der Waals surface area contributed by atoms with Crippen molar-refractivity contribution in [2.45, 2.75) is 16.7 Å². The van der Waals surface area contributed by atoms with Gasteiger partial charge in [0.05, 0.1) is 4.90 Å². The SMILES string of the molecule is Cc1ccc(OC(=N\S(=O)(=O)c2ccccc2)/N=S(\C)c2ccccc2)cc1. The third-order valence-electron chi connectivity index (χ3n) is 3.77. The first-order chi connectivity index (χ1) is 13.4. The van der Waals surface area contributed by atoms with E-state index in [2.05, 4.69) is 8.76 Å². The summed E-state index contributed by atoms with van der Waals surface area (Å²) in [4.78, 5) is 1.05. The fraction of sp³-hybridized carbons (Fsp3) is 0.0952. The predicted octanol–water partition coefficient (Wildman–Crippen LogP) is 4.61. The van der Waals surface area contributed by atoms with Crippen LogP contribution in [0.4, 0.5) is 0 Å². The standard InChI is InChI=1S/C21H20N2O3S2/c1-17-13-15-18(16-14-17)26-21(22-27(2)19-9-5-3-6-10-19)23-28(24,25)20-11-7-4-8-12-20/h3-16H,1-2H3/b23-21-. The molecule has 0 bridgehead atoms. The molecule has 0 fully saturated rings. The van der Waals surface area contributed by atoms with Crippen molar-refractivity contribution in [3.8, 4) is 5.75 Å². The van der Waals surface area contributed by atoms with E-state index in [4.69, 9.17) is 4.74 Å². The van der Waals surface area contributed by atoms with Gasteiger partial charge in [0.15, 0.2) is 0 Å². The number of amidine groups is 1. The summed E-state index contributed by atoms with van der Waals surface area (Å²) in [6.07, 6.45) is 1.89. The molecule has 0 heterocycles. The van der Waals surface area contributed by atoms with Gasteiger partial charge in [0, 0.05) is 4.90 Å². The summed E-state index contributed by atoms with van der Waals surface area (Å²) in [5, 5.41) is 0. The van der Waals surface area contributed by atoms with E-state index < -0.39 is 20.7 Å². The first kappa shape index (κ1) is 20.0. The molecular weight excluding hydrogens is 392 g/mol. The van der Waals surface area contributed by atoms with Crippen LogP contribution in [-0.4, -0.2) is 20.7 Å². The minimum absolute atomic E-state index is 0.0888. The molecule has 0 saturated carbocycles. The average Bonchev–Trinajstić information content (AvgIpc) is 2.71. The highest BCUT2D eigenvalue weighted by Gasteiger charge is 2.16. The Balaban J connectivity index is 2.02. The molecule has 0 aliphatic rings. The van der Waals surface area contributed by atoms with Crippen molar-refractivity contribution in [2.75, 3.05) is 6.26 Å². The smallest absolute Gasteiger partial charge is 0.339 e. The fourth-order valence-corrected chi connectivity index (χ4v) is 4.21. The van der Waals surface area contributed by atoms with Gasteiger partial charge in [-0.15, -0.1) is 4.40 Å². The number of nitrogens with zero attached hydrogens (tertiary/aromatic N) is 2. The van der Waals surface area contributed by atoms with Gasteiger partial charge in [-0.2, -0.15) is 12.8 Å². The number of benzene rings is 3. The second-order valence-electron chi connectivity index (χ2n) is 5.96. The molecule has 3 aromatic rings. The van der Waals surface area contributed by atoms with Gasteiger partial charge < -0.3 is 4.74 Å². The van der Waals surface area contributed by atoms with Gasteiger partial charge in [0.25, 0.3) is 10.0 Å². The monoisotopic (exact) mass is 412 g/mol. The number of hydrogen-bond acceptors (Lipinski definition) is 3. The maximum atomic E-state index is 12.7. The number of ether oxygens (including phenoxy) is 1. The quantitative estimate of drug-likeness (QED) is 0.464. The molecule has 0 spiro atoms. The summed E-state index contributed by atoms with van der Waals surface area (Å²) in [6.45, 7) is 1.96. The number of hydrogen-bond donors (Lipinski definition) is 0. The predicted molar refractivity (Wildman–Crippen MR) is 113 cm³/mol. The molecule has 1 atom stereocenters. The lowest BCUT2D eigenvalue weighted by Gasteiger charge is -2.08. The van der Waals surface area contributed by atoms with Crippen LogP contribution in [-0.2, 0) is 20.7 Å². The third kappa shape index (κ3) is 5.37. The zero-order chi connectivity index (χ0) is 20.0. The summed E-state index contributed by atoms with van der Waals surface area (Å²) in [5.41, 5.74) is 1.07. The highest BCUT2D eigenvalue weighted by Crippen LogP contribution is 2.17. The van der Waals surface area contributed by atoms with Crippen molar-refractivity contribution in [3.63, 3.8) is 0 Å². The van der Waals surface area contributed by atoms with Crippen LogP contribution in [0.3, 0.4) is 0 Å². The second-order valence-corrected chi connectivity index (χ2v) is 9.17. The fourth-order valence-electron chi connectivity index (χ4n) is 2.30. The van der Waals surface area contributed by atoms with Gasteiger partial charge in [-0.25, -0.2) is 0 Å². The Morgan fingerprint density at radius 3 is 2.04 bits per heavy atom.